The lowest BCUT2D eigenvalue weighted by Gasteiger charge is -2.48. The molecule has 1 aromatic heterocycles. The maximum Gasteiger partial charge on any atom is 0.108 e. The molecule has 2 bridgehead atoms. The van der Waals surface area contributed by atoms with E-state index >= 15 is 0 Å². The second-order valence-electron chi connectivity index (χ2n) is 4.45. The summed E-state index contributed by atoms with van der Waals surface area (Å²) in [5, 5.41) is 0. The molecule has 0 N–H and O–H groups in total. The highest BCUT2D eigenvalue weighted by Crippen LogP contribution is 2.41. The van der Waals surface area contributed by atoms with E-state index in [4.69, 9.17) is 0 Å². The van der Waals surface area contributed by atoms with Gasteiger partial charge in [0.1, 0.15) is 4.60 Å². The zero-order chi connectivity index (χ0) is 9.54. The minimum Gasteiger partial charge on any atom is -0.371 e. The van der Waals surface area contributed by atoms with Gasteiger partial charge < -0.3 is 4.90 Å². The number of hydrogen-bond donors (Lipinski definition) is 0. The van der Waals surface area contributed by atoms with Gasteiger partial charge in [-0.2, -0.15) is 0 Å². The van der Waals surface area contributed by atoms with Crippen LogP contribution in [0, 0.1) is 11.8 Å². The minimum absolute atomic E-state index is 0.939. The number of anilines is 1. The molecule has 3 heteroatoms. The number of fused-ring (bicyclic) bond motifs is 2. The lowest BCUT2D eigenvalue weighted by Crippen LogP contribution is -2.48. The molecule has 0 radical (unpaired) electrons. The Kier molecular flexibility index (Phi) is 2.01. The molecule has 1 aliphatic carbocycles. The number of nitrogens with zero attached hydrogens (tertiary/aromatic N) is 2. The predicted molar refractivity (Wildman–Crippen MR) is 60.4 cm³/mol. The first kappa shape index (κ1) is 8.72. The zero-order valence-electron chi connectivity index (χ0n) is 7.99. The molecule has 0 amide bonds. The second kappa shape index (κ2) is 3.23. The topological polar surface area (TPSA) is 16.1 Å². The maximum atomic E-state index is 4.15. The highest BCUT2D eigenvalue weighted by Gasteiger charge is 2.36. The first-order chi connectivity index (χ1) is 6.81. The van der Waals surface area contributed by atoms with Crippen LogP contribution in [0.15, 0.2) is 22.9 Å². The van der Waals surface area contributed by atoms with Crippen molar-refractivity contribution in [1.82, 2.24) is 4.98 Å². The third kappa shape index (κ3) is 1.44. The molecule has 1 saturated carbocycles. The summed E-state index contributed by atoms with van der Waals surface area (Å²) < 4.78 is 0.939. The largest absolute Gasteiger partial charge is 0.371 e. The fraction of sp³-hybridized carbons (Fsp3) is 0.545. The molecule has 0 unspecified atom stereocenters. The molecule has 0 atom stereocenters. The molecule has 2 nitrogen and oxygen atoms in total. The minimum atomic E-state index is 0.939. The maximum absolute atomic E-state index is 4.15. The lowest BCUT2D eigenvalue weighted by atomic mass is 9.71. The van der Waals surface area contributed by atoms with E-state index in [1.807, 2.05) is 6.20 Å². The van der Waals surface area contributed by atoms with Gasteiger partial charge in [0.15, 0.2) is 0 Å². The lowest BCUT2D eigenvalue weighted by molar-refractivity contribution is 0.159. The Morgan fingerprint density at radius 1 is 1.29 bits per heavy atom. The van der Waals surface area contributed by atoms with E-state index in [1.165, 1.54) is 31.6 Å². The van der Waals surface area contributed by atoms with Crippen molar-refractivity contribution in [3.63, 3.8) is 0 Å². The Bertz CT molecular complexity index is 337. The Hall–Kier alpha value is -0.570. The number of rotatable bonds is 1. The van der Waals surface area contributed by atoms with E-state index in [0.29, 0.717) is 0 Å². The van der Waals surface area contributed by atoms with Gasteiger partial charge in [-0.15, -0.1) is 0 Å². The Labute approximate surface area is 92.5 Å². The molecule has 4 rings (SSSR count). The highest BCUT2D eigenvalue weighted by atomic mass is 79.9. The van der Waals surface area contributed by atoms with E-state index in [9.17, 15) is 0 Å². The van der Waals surface area contributed by atoms with Gasteiger partial charge in [-0.1, -0.05) is 0 Å². The summed E-state index contributed by atoms with van der Waals surface area (Å²) in [4.78, 5) is 6.65. The predicted octanol–water partition coefficient (Wildman–Crippen LogP) is 2.69. The zero-order valence-corrected chi connectivity index (χ0v) is 9.57. The number of pyridine rings is 1. The molecule has 2 saturated heterocycles. The van der Waals surface area contributed by atoms with Crippen molar-refractivity contribution >= 4 is 21.6 Å². The molecular formula is C11H13BrN2. The van der Waals surface area contributed by atoms with Gasteiger partial charge in [-0.05, 0) is 52.7 Å². The normalized spacial score (nSPS) is 29.9. The number of aromatic nitrogens is 1. The van der Waals surface area contributed by atoms with Gasteiger partial charge in [0, 0.05) is 25.0 Å². The monoisotopic (exact) mass is 252 g/mol. The number of halogens is 1. The molecule has 0 spiro atoms. The molecule has 3 heterocycles. The average Bonchev–Trinajstić information content (AvgIpc) is 2.17. The molecule has 2 aliphatic heterocycles. The summed E-state index contributed by atoms with van der Waals surface area (Å²) in [5.41, 5.74) is 1.32. The van der Waals surface area contributed by atoms with E-state index in [0.717, 1.165) is 16.4 Å². The van der Waals surface area contributed by atoms with Crippen molar-refractivity contribution in [2.24, 2.45) is 11.8 Å². The van der Waals surface area contributed by atoms with Crippen molar-refractivity contribution in [3.8, 4) is 0 Å². The van der Waals surface area contributed by atoms with Crippen molar-refractivity contribution in [2.75, 3.05) is 18.0 Å². The fourth-order valence-electron chi connectivity index (χ4n) is 2.67. The van der Waals surface area contributed by atoms with Gasteiger partial charge in [0.25, 0.3) is 0 Å². The van der Waals surface area contributed by atoms with E-state index in [2.05, 4.69) is 37.9 Å². The van der Waals surface area contributed by atoms with Crippen LogP contribution in [-0.2, 0) is 0 Å². The molecule has 1 aromatic rings. The van der Waals surface area contributed by atoms with Crippen molar-refractivity contribution in [3.05, 3.63) is 22.9 Å². The first-order valence-electron chi connectivity index (χ1n) is 5.18. The standard InChI is InChI=1S/C11H13BrN2/c12-11-5-10(1-2-13-11)14-6-8-3-9(4-8)7-14/h1-2,5,8-9H,3-4,6-7H2. The summed E-state index contributed by atoms with van der Waals surface area (Å²) in [6.07, 6.45) is 4.80. The summed E-state index contributed by atoms with van der Waals surface area (Å²) in [5.74, 6) is 1.92. The fourth-order valence-corrected chi connectivity index (χ4v) is 3.02. The van der Waals surface area contributed by atoms with Crippen molar-refractivity contribution < 1.29 is 0 Å². The van der Waals surface area contributed by atoms with Crippen molar-refractivity contribution in [2.45, 2.75) is 12.8 Å². The van der Waals surface area contributed by atoms with E-state index in [1.54, 1.807) is 0 Å². The summed E-state index contributed by atoms with van der Waals surface area (Å²) >= 11 is 3.42. The third-order valence-electron chi connectivity index (χ3n) is 3.37. The van der Waals surface area contributed by atoms with Crippen LogP contribution in [0.1, 0.15) is 12.8 Å². The third-order valence-corrected chi connectivity index (χ3v) is 3.80. The van der Waals surface area contributed by atoms with Crippen LogP contribution in [0.25, 0.3) is 0 Å². The number of hydrogen-bond acceptors (Lipinski definition) is 2. The molecule has 3 aliphatic rings. The summed E-state index contributed by atoms with van der Waals surface area (Å²) in [7, 11) is 0. The van der Waals surface area contributed by atoms with Gasteiger partial charge in [-0.25, -0.2) is 4.98 Å². The molecule has 0 aromatic carbocycles. The Morgan fingerprint density at radius 2 is 2.00 bits per heavy atom. The van der Waals surface area contributed by atoms with Crippen molar-refractivity contribution in [1.29, 1.82) is 0 Å². The first-order valence-corrected chi connectivity index (χ1v) is 5.97. The van der Waals surface area contributed by atoms with Crippen LogP contribution in [0.3, 0.4) is 0 Å². The van der Waals surface area contributed by atoms with E-state index in [-0.39, 0.29) is 0 Å². The second-order valence-corrected chi connectivity index (χ2v) is 5.26. The van der Waals surface area contributed by atoms with Crippen LogP contribution >= 0.6 is 15.9 Å². The van der Waals surface area contributed by atoms with Crippen LogP contribution in [0.4, 0.5) is 5.69 Å². The Morgan fingerprint density at radius 3 is 2.64 bits per heavy atom. The average molecular weight is 253 g/mol. The van der Waals surface area contributed by atoms with Gasteiger partial charge in [-0.3, -0.25) is 0 Å². The molecule has 14 heavy (non-hydrogen) atoms. The highest BCUT2D eigenvalue weighted by molar-refractivity contribution is 9.10. The molecule has 74 valence electrons. The molecule has 3 fully saturated rings. The Balaban J connectivity index is 1.82. The van der Waals surface area contributed by atoms with Crippen LogP contribution in [0.5, 0.6) is 0 Å². The molecular weight excluding hydrogens is 240 g/mol. The number of piperidine rings is 2. The summed E-state index contributed by atoms with van der Waals surface area (Å²) in [6.45, 7) is 2.49. The van der Waals surface area contributed by atoms with Gasteiger partial charge in [0.05, 0.1) is 0 Å². The van der Waals surface area contributed by atoms with Gasteiger partial charge in [0.2, 0.25) is 0 Å². The summed E-state index contributed by atoms with van der Waals surface area (Å²) in [6, 6.07) is 4.22. The van der Waals surface area contributed by atoms with Gasteiger partial charge >= 0.3 is 0 Å². The smallest absolute Gasteiger partial charge is 0.108 e. The van der Waals surface area contributed by atoms with E-state index < -0.39 is 0 Å². The van der Waals surface area contributed by atoms with Crippen LogP contribution in [0.2, 0.25) is 0 Å². The SMILES string of the molecule is Brc1cc(N2CC3CC(C3)C2)ccn1. The van der Waals surface area contributed by atoms with Crippen LogP contribution in [-0.4, -0.2) is 18.1 Å². The van der Waals surface area contributed by atoms with Crippen LogP contribution < -0.4 is 4.90 Å². The quantitative estimate of drug-likeness (QED) is 0.715.